The number of carbonyl (C=O) groups excluding carboxylic acids is 1. The lowest BCUT2D eigenvalue weighted by molar-refractivity contribution is -0.131. The molecule has 1 heterocycles. The molecular formula is C11H17N5O2. The average molecular weight is 251 g/mol. The third-order valence-electron chi connectivity index (χ3n) is 3.61. The molecule has 5 N–H and O–H groups in total. The first-order chi connectivity index (χ1) is 8.60. The highest BCUT2D eigenvalue weighted by Gasteiger charge is 2.48. The van der Waals surface area contributed by atoms with Crippen molar-refractivity contribution < 1.29 is 10.0 Å². The Morgan fingerprint density at radius 1 is 1.72 bits per heavy atom. The molecule has 0 bridgehead atoms. The maximum atomic E-state index is 12.2. The second-order valence-electron chi connectivity index (χ2n) is 4.65. The quantitative estimate of drug-likeness (QED) is 0.270. The van der Waals surface area contributed by atoms with E-state index >= 15 is 0 Å². The highest BCUT2D eigenvalue weighted by Crippen LogP contribution is 2.41. The van der Waals surface area contributed by atoms with Gasteiger partial charge in [-0.15, -0.1) is 0 Å². The highest BCUT2D eigenvalue weighted by atomic mass is 16.4. The minimum atomic E-state index is -0.841. The second kappa shape index (κ2) is 4.67. The zero-order valence-corrected chi connectivity index (χ0v) is 10.2. The van der Waals surface area contributed by atoms with Crippen LogP contribution in [0.3, 0.4) is 0 Å². The Kier molecular flexibility index (Phi) is 3.22. The molecule has 1 amide bonds. The summed E-state index contributed by atoms with van der Waals surface area (Å²) in [5.74, 6) is -0.205. The van der Waals surface area contributed by atoms with Crippen LogP contribution < -0.4 is 11.1 Å². The number of amidine groups is 1. The summed E-state index contributed by atoms with van der Waals surface area (Å²) in [7, 11) is 0. The number of rotatable bonds is 4. The van der Waals surface area contributed by atoms with Gasteiger partial charge in [-0.3, -0.25) is 9.89 Å². The number of hydrogen-bond donors (Lipinski definition) is 4. The van der Waals surface area contributed by atoms with Crippen LogP contribution in [-0.2, 0) is 4.79 Å². The Labute approximate surface area is 104 Å². The number of aromatic nitrogens is 2. The molecule has 0 aliphatic heterocycles. The molecule has 1 aromatic heterocycles. The van der Waals surface area contributed by atoms with E-state index in [1.165, 1.54) is 0 Å². The first-order valence-electron chi connectivity index (χ1n) is 5.88. The minimum Gasteiger partial charge on any atom is -0.409 e. The molecule has 1 aromatic rings. The van der Waals surface area contributed by atoms with Gasteiger partial charge in [0, 0.05) is 11.8 Å². The number of carbonyl (C=O) groups is 1. The van der Waals surface area contributed by atoms with Crippen molar-refractivity contribution in [2.75, 3.05) is 0 Å². The van der Waals surface area contributed by atoms with Crippen LogP contribution in [-0.4, -0.2) is 27.1 Å². The van der Waals surface area contributed by atoms with Crippen LogP contribution in [0.25, 0.3) is 0 Å². The summed E-state index contributed by atoms with van der Waals surface area (Å²) in [5, 5.41) is 21.2. The van der Waals surface area contributed by atoms with Gasteiger partial charge in [-0.1, -0.05) is 11.6 Å². The van der Waals surface area contributed by atoms with E-state index in [1.807, 2.05) is 6.92 Å². The van der Waals surface area contributed by atoms with Gasteiger partial charge in [-0.05, 0) is 19.8 Å². The van der Waals surface area contributed by atoms with Crippen molar-refractivity contribution in [3.8, 4) is 0 Å². The van der Waals surface area contributed by atoms with Crippen LogP contribution in [0.4, 0.5) is 0 Å². The maximum Gasteiger partial charge on any atom is 0.234 e. The summed E-state index contributed by atoms with van der Waals surface area (Å²) in [4.78, 5) is 12.2. The van der Waals surface area contributed by atoms with Crippen molar-refractivity contribution in [2.24, 2.45) is 16.3 Å². The molecule has 7 heteroatoms. The number of oxime groups is 1. The monoisotopic (exact) mass is 251 g/mol. The van der Waals surface area contributed by atoms with Crippen molar-refractivity contribution >= 4 is 11.7 Å². The van der Waals surface area contributed by atoms with Crippen LogP contribution >= 0.6 is 0 Å². The molecule has 1 aliphatic carbocycles. The maximum absolute atomic E-state index is 12.2. The van der Waals surface area contributed by atoms with Crippen molar-refractivity contribution in [1.82, 2.24) is 15.5 Å². The standard InChI is InChI=1S/C11H17N5O2/c1-7(8-5-13-14-6-8)15-10(17)11(3-2-4-11)9(12)16-18/h5-7,18H,2-4H2,1H3,(H2,12,16)(H,13,14)(H,15,17). The first kappa shape index (κ1) is 12.4. The van der Waals surface area contributed by atoms with E-state index in [9.17, 15) is 4.79 Å². The fourth-order valence-electron chi connectivity index (χ4n) is 2.14. The molecule has 0 saturated heterocycles. The number of nitrogens with two attached hydrogens (primary N) is 1. The molecular weight excluding hydrogens is 234 g/mol. The Bertz CT molecular complexity index is 450. The zero-order valence-electron chi connectivity index (χ0n) is 10.2. The van der Waals surface area contributed by atoms with Crippen LogP contribution in [0, 0.1) is 5.41 Å². The summed E-state index contributed by atoms with van der Waals surface area (Å²) < 4.78 is 0. The average Bonchev–Trinajstić information content (AvgIpc) is 2.80. The lowest BCUT2D eigenvalue weighted by atomic mass is 9.67. The Hall–Kier alpha value is -2.05. The Morgan fingerprint density at radius 2 is 2.44 bits per heavy atom. The largest absolute Gasteiger partial charge is 0.409 e. The molecule has 2 rings (SSSR count). The van der Waals surface area contributed by atoms with E-state index in [0.29, 0.717) is 12.8 Å². The Morgan fingerprint density at radius 3 is 2.89 bits per heavy atom. The zero-order chi connectivity index (χ0) is 13.2. The lowest BCUT2D eigenvalue weighted by Gasteiger charge is -2.39. The van der Waals surface area contributed by atoms with Crippen molar-refractivity contribution in [1.29, 1.82) is 0 Å². The fraction of sp³-hybridized carbons (Fsp3) is 0.545. The normalized spacial score (nSPS) is 19.9. The van der Waals surface area contributed by atoms with Crippen molar-refractivity contribution in [3.63, 3.8) is 0 Å². The molecule has 0 aromatic carbocycles. The fourth-order valence-corrected chi connectivity index (χ4v) is 2.14. The van der Waals surface area contributed by atoms with Crippen molar-refractivity contribution in [3.05, 3.63) is 18.0 Å². The SMILES string of the molecule is CC(NC(=O)C1(C(N)=NO)CCC1)c1cn[nH]c1. The van der Waals surface area contributed by atoms with E-state index in [1.54, 1.807) is 12.4 Å². The third-order valence-corrected chi connectivity index (χ3v) is 3.61. The van der Waals surface area contributed by atoms with E-state index in [4.69, 9.17) is 10.9 Å². The predicted molar refractivity (Wildman–Crippen MR) is 64.8 cm³/mol. The molecule has 98 valence electrons. The third kappa shape index (κ3) is 1.92. The molecule has 1 saturated carbocycles. The van der Waals surface area contributed by atoms with Gasteiger partial charge in [0.1, 0.15) is 5.41 Å². The van der Waals surface area contributed by atoms with Crippen molar-refractivity contribution in [2.45, 2.75) is 32.2 Å². The van der Waals surface area contributed by atoms with Gasteiger partial charge >= 0.3 is 0 Å². The van der Waals surface area contributed by atoms with Gasteiger partial charge in [-0.25, -0.2) is 0 Å². The predicted octanol–water partition coefficient (Wildman–Crippen LogP) is 0.504. The van der Waals surface area contributed by atoms with Crippen LogP contribution in [0.1, 0.15) is 37.8 Å². The van der Waals surface area contributed by atoms with Gasteiger partial charge in [0.15, 0.2) is 5.84 Å². The van der Waals surface area contributed by atoms with E-state index in [-0.39, 0.29) is 17.8 Å². The number of nitrogens with zero attached hydrogens (tertiary/aromatic N) is 2. The summed E-state index contributed by atoms with van der Waals surface area (Å²) in [6, 6.07) is -0.166. The molecule has 1 atom stereocenters. The number of amides is 1. The van der Waals surface area contributed by atoms with E-state index < -0.39 is 5.41 Å². The molecule has 18 heavy (non-hydrogen) atoms. The van der Waals surface area contributed by atoms with E-state index in [0.717, 1.165) is 12.0 Å². The minimum absolute atomic E-state index is 0.00866. The Balaban J connectivity index is 2.07. The number of aromatic amines is 1. The van der Waals surface area contributed by atoms with Gasteiger partial charge in [0.05, 0.1) is 12.2 Å². The smallest absolute Gasteiger partial charge is 0.234 e. The topological polar surface area (TPSA) is 116 Å². The summed E-state index contributed by atoms with van der Waals surface area (Å²) in [5.41, 5.74) is 5.68. The molecule has 0 spiro atoms. The van der Waals surface area contributed by atoms with E-state index in [2.05, 4.69) is 20.7 Å². The van der Waals surface area contributed by atoms with Crippen LogP contribution in [0.5, 0.6) is 0 Å². The van der Waals surface area contributed by atoms with Crippen LogP contribution in [0.2, 0.25) is 0 Å². The molecule has 1 aliphatic rings. The summed E-state index contributed by atoms with van der Waals surface area (Å²) in [6.45, 7) is 1.86. The first-order valence-corrected chi connectivity index (χ1v) is 5.88. The van der Waals surface area contributed by atoms with Gasteiger partial charge in [0.2, 0.25) is 5.91 Å². The number of H-pyrrole nitrogens is 1. The molecule has 0 radical (unpaired) electrons. The molecule has 1 unspecified atom stereocenters. The highest BCUT2D eigenvalue weighted by molar-refractivity contribution is 6.07. The molecule has 1 fully saturated rings. The number of hydrogen-bond acceptors (Lipinski definition) is 4. The summed E-state index contributed by atoms with van der Waals surface area (Å²) in [6.07, 6.45) is 5.52. The second-order valence-corrected chi connectivity index (χ2v) is 4.65. The van der Waals surface area contributed by atoms with Gasteiger partial charge < -0.3 is 16.3 Å². The lowest BCUT2D eigenvalue weighted by Crippen LogP contribution is -2.54. The molecule has 7 nitrogen and oxygen atoms in total. The van der Waals surface area contributed by atoms with Crippen LogP contribution in [0.15, 0.2) is 17.5 Å². The summed E-state index contributed by atoms with van der Waals surface area (Å²) >= 11 is 0. The van der Waals surface area contributed by atoms with Gasteiger partial charge in [0.25, 0.3) is 0 Å². The van der Waals surface area contributed by atoms with Gasteiger partial charge in [-0.2, -0.15) is 5.10 Å². The number of nitrogens with one attached hydrogen (secondary N) is 2.